The molecule has 1 unspecified atom stereocenters. The fraction of sp³-hybridized carbons (Fsp3) is 0.933. The molecule has 0 N–H and O–H groups in total. The molecule has 0 bridgehead atoms. The average molecular weight is 316 g/mol. The summed E-state index contributed by atoms with van der Waals surface area (Å²) in [5.41, 5.74) is 0. The highest BCUT2D eigenvalue weighted by Gasteiger charge is 2.29. The predicted molar refractivity (Wildman–Crippen MR) is 79.0 cm³/mol. The quantitative estimate of drug-likeness (QED) is 0.699. The third-order valence-electron chi connectivity index (χ3n) is 4.56. The largest absolute Gasteiger partial charge is 0.340 e. The molecule has 1 heterocycles. The van der Waals surface area contributed by atoms with Crippen molar-refractivity contribution in [2.75, 3.05) is 11.9 Å². The number of halogens is 1. The molecule has 2 fully saturated rings. The molecular weight excluding hydrogens is 290 g/mol. The lowest BCUT2D eigenvalue weighted by Gasteiger charge is -2.28. The van der Waals surface area contributed by atoms with E-state index < -0.39 is 0 Å². The summed E-state index contributed by atoms with van der Waals surface area (Å²) in [6, 6.07) is 0.540. The molecule has 0 aromatic carbocycles. The molecule has 0 spiro atoms. The van der Waals surface area contributed by atoms with Crippen LogP contribution >= 0.6 is 15.9 Å². The highest BCUT2D eigenvalue weighted by Crippen LogP contribution is 2.29. The molecule has 1 aliphatic carbocycles. The van der Waals surface area contributed by atoms with Gasteiger partial charge in [-0.3, -0.25) is 4.79 Å². The number of likely N-dealkylation sites (tertiary alicyclic amines) is 1. The molecular formula is C15H26BrNO. The van der Waals surface area contributed by atoms with Crippen LogP contribution in [0.5, 0.6) is 0 Å². The van der Waals surface area contributed by atoms with Crippen LogP contribution in [0.15, 0.2) is 0 Å². The minimum Gasteiger partial charge on any atom is -0.340 e. The van der Waals surface area contributed by atoms with Crippen molar-refractivity contribution in [3.8, 4) is 0 Å². The fourth-order valence-electron chi connectivity index (χ4n) is 3.53. The van der Waals surface area contributed by atoms with Gasteiger partial charge in [-0.15, -0.1) is 0 Å². The zero-order valence-electron chi connectivity index (χ0n) is 11.4. The summed E-state index contributed by atoms with van der Waals surface area (Å²) in [6.45, 7) is 1.01. The van der Waals surface area contributed by atoms with Crippen LogP contribution in [-0.2, 0) is 4.79 Å². The van der Waals surface area contributed by atoms with Crippen LogP contribution in [-0.4, -0.2) is 28.7 Å². The number of nitrogens with zero attached hydrogens (tertiary/aromatic N) is 1. The standard InChI is InChI=1S/C15H26BrNO/c16-10-4-8-14-9-5-11-17(14)15(18)12-13-6-2-1-3-7-13/h13-14H,1-12H2. The second-order valence-electron chi connectivity index (χ2n) is 5.92. The maximum Gasteiger partial charge on any atom is 0.223 e. The summed E-state index contributed by atoms with van der Waals surface area (Å²) in [4.78, 5) is 14.6. The molecule has 2 aliphatic rings. The summed E-state index contributed by atoms with van der Waals surface area (Å²) < 4.78 is 0. The van der Waals surface area contributed by atoms with Gasteiger partial charge in [-0.05, 0) is 44.4 Å². The van der Waals surface area contributed by atoms with Crippen LogP contribution in [0.4, 0.5) is 0 Å². The molecule has 104 valence electrons. The highest BCUT2D eigenvalue weighted by atomic mass is 79.9. The van der Waals surface area contributed by atoms with Crippen molar-refractivity contribution in [1.29, 1.82) is 0 Å². The topological polar surface area (TPSA) is 20.3 Å². The van der Waals surface area contributed by atoms with Gasteiger partial charge in [-0.1, -0.05) is 35.2 Å². The summed E-state index contributed by atoms with van der Waals surface area (Å²) in [6.07, 6.45) is 12.3. The number of rotatable bonds is 5. The minimum absolute atomic E-state index is 0.443. The van der Waals surface area contributed by atoms with Crippen LogP contribution in [0.3, 0.4) is 0 Å². The Bertz CT molecular complexity index is 263. The normalized spacial score (nSPS) is 25.6. The maximum atomic E-state index is 12.4. The maximum absolute atomic E-state index is 12.4. The molecule has 2 rings (SSSR count). The van der Waals surface area contributed by atoms with Crippen LogP contribution < -0.4 is 0 Å². The number of alkyl halides is 1. The highest BCUT2D eigenvalue weighted by molar-refractivity contribution is 9.09. The first kappa shape index (κ1) is 14.4. The van der Waals surface area contributed by atoms with Crippen LogP contribution in [0.1, 0.15) is 64.2 Å². The van der Waals surface area contributed by atoms with Gasteiger partial charge in [0.25, 0.3) is 0 Å². The fourth-order valence-corrected chi connectivity index (χ4v) is 3.86. The van der Waals surface area contributed by atoms with E-state index in [9.17, 15) is 4.79 Å². The number of hydrogen-bond acceptors (Lipinski definition) is 1. The van der Waals surface area contributed by atoms with E-state index >= 15 is 0 Å². The predicted octanol–water partition coefficient (Wildman–Crippen LogP) is 4.12. The van der Waals surface area contributed by atoms with Crippen molar-refractivity contribution < 1.29 is 4.79 Å². The molecule has 0 radical (unpaired) electrons. The molecule has 3 heteroatoms. The Balaban J connectivity index is 1.79. The van der Waals surface area contributed by atoms with Crippen molar-refractivity contribution in [3.63, 3.8) is 0 Å². The van der Waals surface area contributed by atoms with Gasteiger partial charge in [0.15, 0.2) is 0 Å². The number of carbonyl (C=O) groups excluding carboxylic acids is 1. The third kappa shape index (κ3) is 3.97. The minimum atomic E-state index is 0.443. The van der Waals surface area contributed by atoms with E-state index in [2.05, 4.69) is 20.8 Å². The smallest absolute Gasteiger partial charge is 0.223 e. The van der Waals surface area contributed by atoms with Gasteiger partial charge >= 0.3 is 0 Å². The van der Waals surface area contributed by atoms with Gasteiger partial charge in [0, 0.05) is 24.3 Å². The SMILES string of the molecule is O=C(CC1CCCCC1)N1CCCC1CCCBr. The lowest BCUT2D eigenvalue weighted by Crippen LogP contribution is -2.36. The van der Waals surface area contributed by atoms with E-state index in [0.717, 1.165) is 18.3 Å². The molecule has 0 aromatic heterocycles. The monoisotopic (exact) mass is 315 g/mol. The molecule has 2 nitrogen and oxygen atoms in total. The molecule has 1 aliphatic heterocycles. The summed E-state index contributed by atoms with van der Waals surface area (Å²) in [5.74, 6) is 1.13. The zero-order chi connectivity index (χ0) is 12.8. The molecule has 1 saturated heterocycles. The van der Waals surface area contributed by atoms with E-state index in [1.54, 1.807) is 0 Å². The number of hydrogen-bond donors (Lipinski definition) is 0. The van der Waals surface area contributed by atoms with E-state index in [4.69, 9.17) is 0 Å². The summed E-state index contributed by atoms with van der Waals surface area (Å²) in [5, 5.41) is 1.06. The van der Waals surface area contributed by atoms with Gasteiger partial charge < -0.3 is 4.90 Å². The van der Waals surface area contributed by atoms with Gasteiger partial charge in [-0.25, -0.2) is 0 Å². The lowest BCUT2D eigenvalue weighted by molar-refractivity contribution is -0.133. The Kier molecular flexibility index (Phi) is 6.00. The summed E-state index contributed by atoms with van der Waals surface area (Å²) in [7, 11) is 0. The third-order valence-corrected chi connectivity index (χ3v) is 5.12. The van der Waals surface area contributed by atoms with Crippen molar-refractivity contribution in [1.82, 2.24) is 4.90 Å². The Morgan fingerprint density at radius 1 is 1.11 bits per heavy atom. The van der Waals surface area contributed by atoms with Gasteiger partial charge in [-0.2, -0.15) is 0 Å². The van der Waals surface area contributed by atoms with Crippen LogP contribution in [0.25, 0.3) is 0 Å². The first-order valence-corrected chi connectivity index (χ1v) is 8.79. The molecule has 1 saturated carbocycles. The van der Waals surface area contributed by atoms with Crippen molar-refractivity contribution in [2.45, 2.75) is 70.3 Å². The van der Waals surface area contributed by atoms with Crippen molar-refractivity contribution in [3.05, 3.63) is 0 Å². The number of carbonyl (C=O) groups is 1. The molecule has 1 atom stereocenters. The second kappa shape index (κ2) is 7.52. The Morgan fingerprint density at radius 2 is 1.89 bits per heavy atom. The van der Waals surface area contributed by atoms with Gasteiger partial charge in [0.2, 0.25) is 5.91 Å². The van der Waals surface area contributed by atoms with E-state index in [1.165, 1.54) is 57.8 Å². The second-order valence-corrected chi connectivity index (χ2v) is 6.72. The zero-order valence-corrected chi connectivity index (χ0v) is 13.0. The van der Waals surface area contributed by atoms with Crippen molar-refractivity contribution in [2.24, 2.45) is 5.92 Å². The first-order chi connectivity index (χ1) is 8.81. The van der Waals surface area contributed by atoms with Crippen LogP contribution in [0.2, 0.25) is 0 Å². The average Bonchev–Trinajstić information content (AvgIpc) is 2.86. The summed E-state index contributed by atoms with van der Waals surface area (Å²) >= 11 is 3.49. The Morgan fingerprint density at radius 3 is 2.61 bits per heavy atom. The molecule has 1 amide bonds. The Hall–Kier alpha value is -0.0500. The van der Waals surface area contributed by atoms with Gasteiger partial charge in [0.05, 0.1) is 0 Å². The van der Waals surface area contributed by atoms with E-state index in [1.807, 2.05) is 0 Å². The lowest BCUT2D eigenvalue weighted by atomic mass is 9.86. The molecule has 0 aromatic rings. The van der Waals surface area contributed by atoms with Gasteiger partial charge in [0.1, 0.15) is 0 Å². The van der Waals surface area contributed by atoms with Crippen molar-refractivity contribution >= 4 is 21.8 Å². The van der Waals surface area contributed by atoms with E-state index in [-0.39, 0.29) is 0 Å². The van der Waals surface area contributed by atoms with Crippen LogP contribution in [0, 0.1) is 5.92 Å². The van der Waals surface area contributed by atoms with E-state index in [0.29, 0.717) is 17.9 Å². The first-order valence-electron chi connectivity index (χ1n) is 7.66. The molecule has 18 heavy (non-hydrogen) atoms. The number of amides is 1. The Labute approximate surface area is 120 Å².